The molecule has 1 amide bonds. The Balaban J connectivity index is 2.04. The van der Waals surface area contributed by atoms with Crippen LogP contribution in [0.1, 0.15) is 11.4 Å². The van der Waals surface area contributed by atoms with Gasteiger partial charge in [0.1, 0.15) is 0 Å². The molecule has 2 heterocycles. The fourth-order valence-corrected chi connectivity index (χ4v) is 1.57. The van der Waals surface area contributed by atoms with Crippen LogP contribution in [-0.4, -0.2) is 28.0 Å². The maximum Gasteiger partial charge on any atom is 0.232 e. The molecule has 0 saturated heterocycles. The normalized spacial score (nSPS) is 10.1. The monoisotopic (exact) mass is 273 g/mol. The van der Waals surface area contributed by atoms with Crippen LogP contribution in [0.15, 0.2) is 24.4 Å². The molecular weight excluding hydrogens is 258 g/mol. The lowest BCUT2D eigenvalue weighted by Crippen LogP contribution is -2.17. The van der Waals surface area contributed by atoms with Crippen LogP contribution in [0.4, 0.5) is 11.6 Å². The number of nitrogens with zero attached hydrogens (tertiary/aromatic N) is 3. The molecule has 3 N–H and O–H groups in total. The Hall–Kier alpha value is -2.70. The zero-order chi connectivity index (χ0) is 14.5. The summed E-state index contributed by atoms with van der Waals surface area (Å²) in [5, 5.41) is 2.61. The number of nitrogens with two attached hydrogens (primary N) is 1. The lowest BCUT2D eigenvalue weighted by molar-refractivity contribution is -0.115. The number of hydrogen-bond donors (Lipinski definition) is 2. The van der Waals surface area contributed by atoms with Gasteiger partial charge in [-0.25, -0.2) is 4.98 Å². The highest BCUT2D eigenvalue weighted by atomic mass is 16.5. The summed E-state index contributed by atoms with van der Waals surface area (Å²) in [6, 6.07) is 5.07. The van der Waals surface area contributed by atoms with Crippen LogP contribution in [-0.2, 0) is 11.2 Å². The van der Waals surface area contributed by atoms with Crippen LogP contribution in [0.2, 0.25) is 0 Å². The summed E-state index contributed by atoms with van der Waals surface area (Å²) in [4.78, 5) is 24.1. The van der Waals surface area contributed by atoms with Crippen molar-refractivity contribution in [2.24, 2.45) is 0 Å². The van der Waals surface area contributed by atoms with E-state index in [1.807, 2.05) is 0 Å². The molecule has 2 aromatic rings. The lowest BCUT2D eigenvalue weighted by atomic mass is 10.2. The predicted molar refractivity (Wildman–Crippen MR) is 74.3 cm³/mol. The van der Waals surface area contributed by atoms with Gasteiger partial charge in [-0.15, -0.1) is 0 Å². The molecule has 0 atom stereocenters. The minimum Gasteiger partial charge on any atom is -0.481 e. The quantitative estimate of drug-likeness (QED) is 0.859. The lowest BCUT2D eigenvalue weighted by Gasteiger charge is -2.06. The summed E-state index contributed by atoms with van der Waals surface area (Å²) in [6.45, 7) is 1.79. The molecule has 104 valence electrons. The summed E-state index contributed by atoms with van der Waals surface area (Å²) >= 11 is 0. The summed E-state index contributed by atoms with van der Waals surface area (Å²) < 4.78 is 5.02. The number of anilines is 2. The highest BCUT2D eigenvalue weighted by Crippen LogP contribution is 2.11. The number of amides is 1. The van der Waals surface area contributed by atoms with Gasteiger partial charge in [0.2, 0.25) is 17.7 Å². The van der Waals surface area contributed by atoms with Crippen molar-refractivity contribution in [1.82, 2.24) is 15.0 Å². The number of rotatable bonds is 4. The van der Waals surface area contributed by atoms with Gasteiger partial charge in [0, 0.05) is 17.5 Å². The topological polar surface area (TPSA) is 103 Å². The molecule has 0 aliphatic carbocycles. The van der Waals surface area contributed by atoms with Crippen molar-refractivity contribution in [3.8, 4) is 5.88 Å². The number of ether oxygens (including phenoxy) is 1. The first kappa shape index (κ1) is 13.7. The maximum absolute atomic E-state index is 11.9. The minimum atomic E-state index is -0.255. The van der Waals surface area contributed by atoms with E-state index in [2.05, 4.69) is 20.3 Å². The maximum atomic E-state index is 11.9. The van der Waals surface area contributed by atoms with Crippen molar-refractivity contribution in [1.29, 1.82) is 0 Å². The summed E-state index contributed by atoms with van der Waals surface area (Å²) in [6.07, 6.45) is 1.63. The Morgan fingerprint density at radius 3 is 2.85 bits per heavy atom. The summed E-state index contributed by atoms with van der Waals surface area (Å²) in [7, 11) is 1.51. The fourth-order valence-electron chi connectivity index (χ4n) is 1.57. The summed E-state index contributed by atoms with van der Waals surface area (Å²) in [5.74, 6) is 0.357. The number of methoxy groups -OCH3 is 1. The molecule has 0 radical (unpaired) electrons. The van der Waals surface area contributed by atoms with Gasteiger partial charge in [-0.05, 0) is 19.1 Å². The van der Waals surface area contributed by atoms with Crippen molar-refractivity contribution >= 4 is 17.5 Å². The van der Waals surface area contributed by atoms with E-state index < -0.39 is 0 Å². The van der Waals surface area contributed by atoms with Gasteiger partial charge in [0.15, 0.2) is 0 Å². The van der Waals surface area contributed by atoms with Crippen LogP contribution in [0.5, 0.6) is 5.88 Å². The second kappa shape index (κ2) is 5.96. The Labute approximate surface area is 116 Å². The molecule has 0 spiro atoms. The number of pyridine rings is 1. The smallest absolute Gasteiger partial charge is 0.232 e. The van der Waals surface area contributed by atoms with Crippen LogP contribution < -0.4 is 15.8 Å². The molecule has 7 nitrogen and oxygen atoms in total. The Morgan fingerprint density at radius 2 is 2.20 bits per heavy atom. The van der Waals surface area contributed by atoms with Gasteiger partial charge in [-0.1, -0.05) is 0 Å². The third-order valence-electron chi connectivity index (χ3n) is 2.48. The highest BCUT2D eigenvalue weighted by Gasteiger charge is 2.08. The van der Waals surface area contributed by atoms with Crippen molar-refractivity contribution in [3.63, 3.8) is 0 Å². The minimum absolute atomic E-state index is 0.125. The van der Waals surface area contributed by atoms with Crippen molar-refractivity contribution in [3.05, 3.63) is 35.8 Å². The van der Waals surface area contributed by atoms with Crippen LogP contribution in [0, 0.1) is 6.92 Å². The van der Waals surface area contributed by atoms with Crippen LogP contribution >= 0.6 is 0 Å². The summed E-state index contributed by atoms with van der Waals surface area (Å²) in [5.41, 5.74) is 7.42. The van der Waals surface area contributed by atoms with E-state index >= 15 is 0 Å². The highest BCUT2D eigenvalue weighted by molar-refractivity contribution is 5.90. The number of aromatic nitrogens is 3. The van der Waals surface area contributed by atoms with E-state index in [1.165, 1.54) is 13.3 Å². The zero-order valence-electron chi connectivity index (χ0n) is 11.3. The van der Waals surface area contributed by atoms with Gasteiger partial charge >= 0.3 is 0 Å². The zero-order valence-corrected chi connectivity index (χ0v) is 11.3. The Bertz CT molecular complexity index is 613. The Morgan fingerprint density at radius 1 is 1.40 bits per heavy atom. The first-order chi connectivity index (χ1) is 9.56. The molecule has 0 bridgehead atoms. The van der Waals surface area contributed by atoms with E-state index in [9.17, 15) is 4.79 Å². The van der Waals surface area contributed by atoms with Crippen molar-refractivity contribution < 1.29 is 9.53 Å². The standard InChI is InChI=1S/C13H15N5O2/c1-8-5-12(20-2)18-13(16-8)17-11(19)6-10-4-3-9(14)7-15-10/h3-5,7H,6,14H2,1-2H3,(H,16,17,18,19). The molecular formula is C13H15N5O2. The van der Waals surface area contributed by atoms with Crippen LogP contribution in [0.3, 0.4) is 0 Å². The van der Waals surface area contributed by atoms with Gasteiger partial charge < -0.3 is 10.5 Å². The SMILES string of the molecule is COc1cc(C)nc(NC(=O)Cc2ccc(N)cn2)n1. The first-order valence-electron chi connectivity index (χ1n) is 5.97. The van der Waals surface area contributed by atoms with Crippen molar-refractivity contribution in [2.75, 3.05) is 18.2 Å². The molecule has 2 aromatic heterocycles. The molecule has 2 rings (SSSR count). The number of nitrogen functional groups attached to an aromatic ring is 1. The molecule has 7 heteroatoms. The largest absolute Gasteiger partial charge is 0.481 e. The number of hydrogen-bond acceptors (Lipinski definition) is 6. The van der Waals surface area contributed by atoms with E-state index in [1.54, 1.807) is 25.1 Å². The molecule has 0 saturated carbocycles. The Kier molecular flexibility index (Phi) is 4.09. The fraction of sp³-hybridized carbons (Fsp3) is 0.231. The first-order valence-corrected chi connectivity index (χ1v) is 5.97. The second-order valence-electron chi connectivity index (χ2n) is 4.18. The number of carbonyl (C=O) groups is 1. The average molecular weight is 273 g/mol. The molecule has 0 unspecified atom stereocenters. The van der Waals surface area contributed by atoms with Gasteiger partial charge in [-0.3, -0.25) is 15.1 Å². The van der Waals surface area contributed by atoms with E-state index in [0.29, 0.717) is 23.0 Å². The third-order valence-corrected chi connectivity index (χ3v) is 2.48. The molecule has 0 fully saturated rings. The molecule has 0 aromatic carbocycles. The van der Waals surface area contributed by atoms with Crippen molar-refractivity contribution in [2.45, 2.75) is 13.3 Å². The average Bonchev–Trinajstić information content (AvgIpc) is 2.40. The second-order valence-corrected chi connectivity index (χ2v) is 4.18. The van der Waals surface area contributed by atoms with Crippen LogP contribution in [0.25, 0.3) is 0 Å². The van der Waals surface area contributed by atoms with E-state index in [0.717, 1.165) is 0 Å². The third kappa shape index (κ3) is 3.64. The van der Waals surface area contributed by atoms with Gasteiger partial charge in [0.05, 0.1) is 25.4 Å². The molecule has 0 aliphatic heterocycles. The molecule has 20 heavy (non-hydrogen) atoms. The van der Waals surface area contributed by atoms with Gasteiger partial charge in [0.25, 0.3) is 0 Å². The number of nitrogens with one attached hydrogen (secondary N) is 1. The molecule has 0 aliphatic rings. The van der Waals surface area contributed by atoms with E-state index in [-0.39, 0.29) is 18.3 Å². The van der Waals surface area contributed by atoms with E-state index in [4.69, 9.17) is 10.5 Å². The number of carbonyl (C=O) groups excluding carboxylic acids is 1. The number of aryl methyl sites for hydroxylation is 1. The van der Waals surface area contributed by atoms with Gasteiger partial charge in [-0.2, -0.15) is 4.98 Å². The predicted octanol–water partition coefficient (Wildman–Crippen LogP) is 0.952.